The fraction of sp³-hybridized carbons (Fsp3) is 0.333. The lowest BCUT2D eigenvalue weighted by molar-refractivity contribution is 1.64. The van der Waals surface area contributed by atoms with Gasteiger partial charge in [-0.3, -0.25) is 0 Å². The van der Waals surface area contributed by atoms with Gasteiger partial charge in [0, 0.05) is 3.57 Å². The molecule has 1 rings (SSSR count). The van der Waals surface area contributed by atoms with Gasteiger partial charge >= 0.3 is 0 Å². The first-order chi connectivity index (χ1) is 5.41. The summed E-state index contributed by atoms with van der Waals surface area (Å²) in [5.41, 5.74) is 0. The Bertz CT molecular complexity index is 291. The van der Waals surface area contributed by atoms with E-state index in [9.17, 15) is 0 Å². The molecule has 0 saturated heterocycles. The van der Waals surface area contributed by atoms with E-state index in [-0.39, 0.29) is 0 Å². The van der Waals surface area contributed by atoms with E-state index in [1.54, 1.807) is 0 Å². The zero-order valence-corrected chi connectivity index (χ0v) is 11.4. The molecule has 0 aromatic heterocycles. The Kier molecular flexibility index (Phi) is 3.23. The molecule has 0 unspecified atom stereocenters. The van der Waals surface area contributed by atoms with Gasteiger partial charge in [0.25, 0.3) is 0 Å². The lowest BCUT2D eigenvalue weighted by Crippen LogP contribution is -2.37. The van der Waals surface area contributed by atoms with Crippen molar-refractivity contribution in [2.75, 3.05) is 0 Å². The van der Waals surface area contributed by atoms with Crippen molar-refractivity contribution >= 4 is 47.5 Å². The Morgan fingerprint density at radius 2 is 1.83 bits per heavy atom. The quantitative estimate of drug-likeness (QED) is 0.550. The Hall–Kier alpha value is 0.457. The van der Waals surface area contributed by atoms with E-state index in [4.69, 9.17) is 11.6 Å². The van der Waals surface area contributed by atoms with Crippen LogP contribution in [-0.4, -0.2) is 8.07 Å². The normalized spacial score (nSPS) is 11.8. The average molecular weight is 311 g/mol. The summed E-state index contributed by atoms with van der Waals surface area (Å²) in [4.78, 5) is 0. The number of hydrogen-bond donors (Lipinski definition) is 0. The molecule has 0 N–H and O–H groups in total. The van der Waals surface area contributed by atoms with E-state index in [1.807, 2.05) is 6.07 Å². The molecule has 0 aliphatic heterocycles. The van der Waals surface area contributed by atoms with E-state index in [1.165, 1.54) is 5.19 Å². The van der Waals surface area contributed by atoms with Gasteiger partial charge in [-0.1, -0.05) is 42.5 Å². The second-order valence-corrected chi connectivity index (χ2v) is 10.5. The summed E-state index contributed by atoms with van der Waals surface area (Å²) in [7, 11) is -1.15. The molecule has 0 atom stereocenters. The summed E-state index contributed by atoms with van der Waals surface area (Å²) in [6.45, 7) is 7.02. The molecule has 0 aliphatic carbocycles. The Labute approximate surface area is 93.5 Å². The molecule has 0 radical (unpaired) electrons. The molecule has 66 valence electrons. The van der Waals surface area contributed by atoms with Crippen LogP contribution in [0.5, 0.6) is 0 Å². The maximum atomic E-state index is 5.94. The summed E-state index contributed by atoms with van der Waals surface area (Å²) in [5, 5.41) is 2.33. The summed E-state index contributed by atoms with van der Waals surface area (Å²) >= 11 is 8.22. The van der Waals surface area contributed by atoms with Crippen molar-refractivity contribution in [2.24, 2.45) is 0 Å². The minimum absolute atomic E-state index is 0.859. The Balaban J connectivity index is 3.14. The number of benzene rings is 1. The van der Waals surface area contributed by atoms with Crippen LogP contribution < -0.4 is 5.19 Å². The molecule has 1 aromatic carbocycles. The van der Waals surface area contributed by atoms with Crippen molar-refractivity contribution in [1.29, 1.82) is 0 Å². The SMILES string of the molecule is C[Si](C)(C)c1ccc(Cl)c(I)c1. The first kappa shape index (κ1) is 10.5. The molecule has 0 spiro atoms. The van der Waals surface area contributed by atoms with Gasteiger partial charge in [0.1, 0.15) is 0 Å². The molecule has 0 bridgehead atoms. The van der Waals surface area contributed by atoms with E-state index in [0.29, 0.717) is 0 Å². The van der Waals surface area contributed by atoms with Gasteiger partial charge < -0.3 is 0 Å². The van der Waals surface area contributed by atoms with E-state index >= 15 is 0 Å². The second kappa shape index (κ2) is 3.68. The summed E-state index contributed by atoms with van der Waals surface area (Å²) in [6.07, 6.45) is 0. The van der Waals surface area contributed by atoms with E-state index in [0.717, 1.165) is 8.59 Å². The second-order valence-electron chi connectivity index (χ2n) is 3.88. The highest BCUT2D eigenvalue weighted by molar-refractivity contribution is 14.1. The van der Waals surface area contributed by atoms with Crippen LogP contribution >= 0.6 is 34.2 Å². The third-order valence-corrected chi connectivity index (χ3v) is 5.37. The monoisotopic (exact) mass is 310 g/mol. The summed E-state index contributed by atoms with van der Waals surface area (Å²) in [5.74, 6) is 0. The van der Waals surface area contributed by atoms with Crippen LogP contribution in [0.25, 0.3) is 0 Å². The molecular weight excluding hydrogens is 299 g/mol. The number of hydrogen-bond acceptors (Lipinski definition) is 0. The van der Waals surface area contributed by atoms with Crippen LogP contribution in [0.3, 0.4) is 0 Å². The van der Waals surface area contributed by atoms with Crippen molar-refractivity contribution < 1.29 is 0 Å². The average Bonchev–Trinajstić information content (AvgIpc) is 1.92. The minimum Gasteiger partial charge on any atom is -0.0832 e. The highest BCUT2D eigenvalue weighted by Gasteiger charge is 2.16. The first-order valence-electron chi connectivity index (χ1n) is 3.87. The molecule has 0 saturated carbocycles. The molecule has 0 nitrogen and oxygen atoms in total. The number of rotatable bonds is 1. The van der Waals surface area contributed by atoms with Gasteiger partial charge in [-0.05, 0) is 34.7 Å². The van der Waals surface area contributed by atoms with Crippen molar-refractivity contribution in [3.63, 3.8) is 0 Å². The van der Waals surface area contributed by atoms with Crippen LogP contribution in [0, 0.1) is 3.57 Å². The Morgan fingerprint density at radius 1 is 1.25 bits per heavy atom. The van der Waals surface area contributed by atoms with Gasteiger partial charge in [0.05, 0.1) is 13.1 Å². The van der Waals surface area contributed by atoms with Gasteiger partial charge in [0.2, 0.25) is 0 Å². The summed E-state index contributed by atoms with van der Waals surface area (Å²) < 4.78 is 1.16. The lowest BCUT2D eigenvalue weighted by atomic mass is 10.4. The standard InChI is InChI=1S/C9H12ClISi/c1-12(2,3)7-4-5-8(10)9(11)6-7/h4-6H,1-3H3. The first-order valence-corrected chi connectivity index (χ1v) is 8.82. The van der Waals surface area contributed by atoms with Crippen LogP contribution in [0.2, 0.25) is 24.7 Å². The Morgan fingerprint density at radius 3 is 2.25 bits per heavy atom. The maximum absolute atomic E-state index is 5.94. The predicted molar refractivity (Wildman–Crippen MR) is 67.1 cm³/mol. The molecule has 1 aromatic rings. The topological polar surface area (TPSA) is 0 Å². The van der Waals surface area contributed by atoms with Crippen LogP contribution in [0.1, 0.15) is 0 Å². The zero-order chi connectivity index (χ0) is 9.35. The highest BCUT2D eigenvalue weighted by atomic mass is 127. The van der Waals surface area contributed by atoms with Crippen molar-refractivity contribution in [3.8, 4) is 0 Å². The van der Waals surface area contributed by atoms with Gasteiger partial charge in [-0.15, -0.1) is 0 Å². The molecule has 3 heteroatoms. The van der Waals surface area contributed by atoms with Crippen LogP contribution in [-0.2, 0) is 0 Å². The fourth-order valence-corrected chi connectivity index (χ4v) is 3.05. The molecule has 0 fully saturated rings. The maximum Gasteiger partial charge on any atom is 0.0776 e. The highest BCUT2D eigenvalue weighted by Crippen LogP contribution is 2.17. The smallest absolute Gasteiger partial charge is 0.0776 e. The number of halogens is 2. The van der Waals surface area contributed by atoms with E-state index in [2.05, 4.69) is 54.4 Å². The molecular formula is C9H12ClISi. The lowest BCUT2D eigenvalue weighted by Gasteiger charge is -2.16. The van der Waals surface area contributed by atoms with Gasteiger partial charge in [0.15, 0.2) is 0 Å². The minimum atomic E-state index is -1.15. The van der Waals surface area contributed by atoms with Gasteiger partial charge in [-0.25, -0.2) is 0 Å². The van der Waals surface area contributed by atoms with Gasteiger partial charge in [-0.2, -0.15) is 0 Å². The van der Waals surface area contributed by atoms with Crippen molar-refractivity contribution in [1.82, 2.24) is 0 Å². The largest absolute Gasteiger partial charge is 0.0832 e. The predicted octanol–water partition coefficient (Wildman–Crippen LogP) is 3.49. The van der Waals surface area contributed by atoms with Crippen LogP contribution in [0.15, 0.2) is 18.2 Å². The zero-order valence-electron chi connectivity index (χ0n) is 7.49. The fourth-order valence-electron chi connectivity index (χ4n) is 0.963. The molecule has 0 aliphatic rings. The molecule has 12 heavy (non-hydrogen) atoms. The van der Waals surface area contributed by atoms with E-state index < -0.39 is 8.07 Å². The van der Waals surface area contributed by atoms with Crippen LogP contribution in [0.4, 0.5) is 0 Å². The third kappa shape index (κ3) is 2.47. The molecule has 0 heterocycles. The van der Waals surface area contributed by atoms with Crippen molar-refractivity contribution in [3.05, 3.63) is 26.8 Å². The third-order valence-electron chi connectivity index (χ3n) is 1.79. The molecule has 0 amide bonds. The van der Waals surface area contributed by atoms with Crippen molar-refractivity contribution in [2.45, 2.75) is 19.6 Å². The summed E-state index contributed by atoms with van der Waals surface area (Å²) in [6, 6.07) is 6.35.